The van der Waals surface area contributed by atoms with Gasteiger partial charge in [-0.05, 0) is 79.9 Å². The molecule has 3 aliphatic rings. The smallest absolute Gasteiger partial charge is 0.157 e. The second-order valence-corrected chi connectivity index (χ2v) is 9.92. The molecule has 28 heavy (non-hydrogen) atoms. The maximum Gasteiger partial charge on any atom is 0.157 e. The van der Waals surface area contributed by atoms with Crippen molar-refractivity contribution >= 4 is 11.6 Å². The van der Waals surface area contributed by atoms with Crippen molar-refractivity contribution in [1.82, 2.24) is 0 Å². The van der Waals surface area contributed by atoms with Crippen LogP contribution in [0.2, 0.25) is 5.02 Å². The second kappa shape index (κ2) is 10.5. The summed E-state index contributed by atoms with van der Waals surface area (Å²) in [4.78, 5) is 0. The molecule has 0 unspecified atom stereocenters. The molecule has 2 nitrogen and oxygen atoms in total. The summed E-state index contributed by atoms with van der Waals surface area (Å²) in [5.74, 6) is 3.64. The minimum atomic E-state index is 0.0979. The van der Waals surface area contributed by atoms with Crippen LogP contribution in [-0.4, -0.2) is 19.5 Å². The van der Waals surface area contributed by atoms with E-state index in [0.29, 0.717) is 0 Å². The van der Waals surface area contributed by atoms with E-state index in [0.717, 1.165) is 48.3 Å². The zero-order chi connectivity index (χ0) is 19.2. The molecular formula is C25H37ClO2. The number of hydrogen-bond acceptors (Lipinski definition) is 2. The summed E-state index contributed by atoms with van der Waals surface area (Å²) in [6, 6.07) is 8.56. The van der Waals surface area contributed by atoms with Gasteiger partial charge < -0.3 is 9.47 Å². The van der Waals surface area contributed by atoms with E-state index in [1.165, 1.54) is 76.2 Å². The average Bonchev–Trinajstić information content (AvgIpc) is 3.26. The summed E-state index contributed by atoms with van der Waals surface area (Å²) in [7, 11) is 0. The Morgan fingerprint density at radius 2 is 1.11 bits per heavy atom. The fourth-order valence-electron chi connectivity index (χ4n) is 5.75. The molecule has 156 valence electrons. The lowest BCUT2D eigenvalue weighted by molar-refractivity contribution is -0.0512. The Bertz CT molecular complexity index is 565. The van der Waals surface area contributed by atoms with Gasteiger partial charge in [-0.25, -0.2) is 0 Å². The van der Waals surface area contributed by atoms with Crippen molar-refractivity contribution < 1.29 is 9.47 Å². The van der Waals surface area contributed by atoms with E-state index in [9.17, 15) is 0 Å². The highest BCUT2D eigenvalue weighted by Gasteiger charge is 2.26. The van der Waals surface area contributed by atoms with Crippen LogP contribution in [0.4, 0.5) is 0 Å². The third-order valence-electron chi connectivity index (χ3n) is 7.64. The van der Waals surface area contributed by atoms with Crippen LogP contribution in [0.3, 0.4) is 0 Å². The van der Waals surface area contributed by atoms with Crippen LogP contribution in [0.1, 0.15) is 88.5 Å². The maximum atomic E-state index is 6.03. The summed E-state index contributed by atoms with van der Waals surface area (Å²) >= 11 is 6.03. The minimum Gasteiger partial charge on any atom is -0.350 e. The molecular weight excluding hydrogens is 368 g/mol. The van der Waals surface area contributed by atoms with E-state index in [1.807, 2.05) is 12.1 Å². The van der Waals surface area contributed by atoms with Crippen LogP contribution in [0, 0.1) is 17.8 Å². The predicted molar refractivity (Wildman–Crippen MR) is 116 cm³/mol. The lowest BCUT2D eigenvalue weighted by Gasteiger charge is -2.32. The third-order valence-corrected chi connectivity index (χ3v) is 7.89. The first kappa shape index (κ1) is 20.7. The molecule has 3 fully saturated rings. The summed E-state index contributed by atoms with van der Waals surface area (Å²) < 4.78 is 11.2. The standard InChI is InChI=1S/C25H37ClO2/c26-24-14-12-23(13-15-24)22-10-7-21(8-11-22)6-3-19-1-4-20(5-2-19)9-16-25-27-17-18-28-25/h12-15,19-22,25H,1-11,16-18H2/t19-,20-,21?,22?. The number of halogens is 1. The van der Waals surface area contributed by atoms with Gasteiger partial charge in [0.1, 0.15) is 0 Å². The topological polar surface area (TPSA) is 18.5 Å². The quantitative estimate of drug-likeness (QED) is 0.472. The molecule has 1 heterocycles. The first-order chi connectivity index (χ1) is 13.8. The summed E-state index contributed by atoms with van der Waals surface area (Å²) in [5.41, 5.74) is 1.49. The molecule has 1 aromatic rings. The van der Waals surface area contributed by atoms with Gasteiger partial charge in [-0.1, -0.05) is 62.3 Å². The second-order valence-electron chi connectivity index (χ2n) is 9.48. The van der Waals surface area contributed by atoms with Gasteiger partial charge in [-0.3, -0.25) is 0 Å². The van der Waals surface area contributed by atoms with Crippen molar-refractivity contribution in [2.24, 2.45) is 17.8 Å². The molecule has 3 heteroatoms. The van der Waals surface area contributed by atoms with Crippen molar-refractivity contribution in [1.29, 1.82) is 0 Å². The Hall–Kier alpha value is -0.570. The van der Waals surface area contributed by atoms with Gasteiger partial charge in [0.15, 0.2) is 6.29 Å². The number of hydrogen-bond donors (Lipinski definition) is 0. The molecule has 1 aliphatic heterocycles. The normalized spacial score (nSPS) is 31.9. The Morgan fingerprint density at radius 3 is 1.64 bits per heavy atom. The highest BCUT2D eigenvalue weighted by atomic mass is 35.5. The molecule has 0 radical (unpaired) electrons. The van der Waals surface area contributed by atoms with Crippen molar-refractivity contribution in [3.05, 3.63) is 34.9 Å². The van der Waals surface area contributed by atoms with Gasteiger partial charge in [0.25, 0.3) is 0 Å². The molecule has 1 saturated heterocycles. The molecule has 1 aromatic carbocycles. The van der Waals surface area contributed by atoms with Gasteiger partial charge in [-0.15, -0.1) is 0 Å². The van der Waals surface area contributed by atoms with Crippen LogP contribution in [0.5, 0.6) is 0 Å². The largest absolute Gasteiger partial charge is 0.350 e. The lowest BCUT2D eigenvalue weighted by Crippen LogP contribution is -2.19. The average molecular weight is 405 g/mol. The van der Waals surface area contributed by atoms with Gasteiger partial charge in [0.05, 0.1) is 13.2 Å². The van der Waals surface area contributed by atoms with Gasteiger partial charge in [0.2, 0.25) is 0 Å². The zero-order valence-corrected chi connectivity index (χ0v) is 18.0. The van der Waals surface area contributed by atoms with Crippen LogP contribution >= 0.6 is 11.6 Å². The first-order valence-corrected chi connectivity index (χ1v) is 12.1. The van der Waals surface area contributed by atoms with E-state index >= 15 is 0 Å². The monoisotopic (exact) mass is 404 g/mol. The predicted octanol–water partition coefficient (Wildman–Crippen LogP) is 7.35. The molecule has 2 saturated carbocycles. The highest BCUT2D eigenvalue weighted by molar-refractivity contribution is 6.30. The molecule has 2 aliphatic carbocycles. The zero-order valence-electron chi connectivity index (χ0n) is 17.3. The van der Waals surface area contributed by atoms with Crippen molar-refractivity contribution in [3.63, 3.8) is 0 Å². The van der Waals surface area contributed by atoms with E-state index in [-0.39, 0.29) is 6.29 Å². The number of rotatable bonds is 7. The highest BCUT2D eigenvalue weighted by Crippen LogP contribution is 2.40. The van der Waals surface area contributed by atoms with Crippen molar-refractivity contribution in [2.75, 3.05) is 13.2 Å². The van der Waals surface area contributed by atoms with E-state index in [1.54, 1.807) is 0 Å². The maximum absolute atomic E-state index is 6.03. The number of ether oxygens (including phenoxy) is 2. The van der Waals surface area contributed by atoms with E-state index < -0.39 is 0 Å². The Kier molecular flexibility index (Phi) is 7.73. The molecule has 4 rings (SSSR count). The lowest BCUT2D eigenvalue weighted by atomic mass is 9.74. The Morgan fingerprint density at radius 1 is 0.643 bits per heavy atom. The molecule has 0 amide bonds. The minimum absolute atomic E-state index is 0.0979. The van der Waals surface area contributed by atoms with Crippen LogP contribution < -0.4 is 0 Å². The molecule has 0 bridgehead atoms. The summed E-state index contributed by atoms with van der Waals surface area (Å²) in [5, 5.41) is 0.854. The molecule has 0 N–H and O–H groups in total. The molecule has 0 atom stereocenters. The van der Waals surface area contributed by atoms with Crippen molar-refractivity contribution in [3.8, 4) is 0 Å². The van der Waals surface area contributed by atoms with E-state index in [2.05, 4.69) is 12.1 Å². The third kappa shape index (κ3) is 5.97. The Balaban J connectivity index is 1.09. The van der Waals surface area contributed by atoms with E-state index in [4.69, 9.17) is 21.1 Å². The Labute approximate surface area is 176 Å². The number of benzene rings is 1. The summed E-state index contributed by atoms with van der Waals surface area (Å²) in [6.07, 6.45) is 16.8. The van der Waals surface area contributed by atoms with Crippen LogP contribution in [0.15, 0.2) is 24.3 Å². The van der Waals surface area contributed by atoms with Crippen LogP contribution in [0.25, 0.3) is 0 Å². The molecule has 0 aromatic heterocycles. The first-order valence-electron chi connectivity index (χ1n) is 11.7. The van der Waals surface area contributed by atoms with Gasteiger partial charge in [0, 0.05) is 5.02 Å². The fraction of sp³-hybridized carbons (Fsp3) is 0.760. The fourth-order valence-corrected chi connectivity index (χ4v) is 5.87. The van der Waals surface area contributed by atoms with Crippen LogP contribution in [-0.2, 0) is 9.47 Å². The van der Waals surface area contributed by atoms with Gasteiger partial charge in [-0.2, -0.15) is 0 Å². The van der Waals surface area contributed by atoms with Crippen molar-refractivity contribution in [2.45, 2.75) is 89.3 Å². The summed E-state index contributed by atoms with van der Waals surface area (Å²) in [6.45, 7) is 1.58. The SMILES string of the molecule is Clc1ccc(C2CCC(CC[C@H]3CC[C@H](CCC4OCCO4)CC3)CC2)cc1. The van der Waals surface area contributed by atoms with Gasteiger partial charge >= 0.3 is 0 Å². The molecule has 0 spiro atoms.